The van der Waals surface area contributed by atoms with Gasteiger partial charge < -0.3 is 10.7 Å². The molecule has 2 aromatic heterocycles. The first kappa shape index (κ1) is 11.9. The Morgan fingerprint density at radius 3 is 2.89 bits per heavy atom. The summed E-state index contributed by atoms with van der Waals surface area (Å²) < 4.78 is 13.7. The zero-order chi connectivity index (χ0) is 13.4. The summed E-state index contributed by atoms with van der Waals surface area (Å²) in [5.41, 5.74) is 7.08. The molecule has 0 bridgehead atoms. The predicted octanol–water partition coefficient (Wildman–Crippen LogP) is 2.32. The first-order chi connectivity index (χ1) is 9.15. The Balaban J connectivity index is 2.04. The highest BCUT2D eigenvalue weighted by molar-refractivity contribution is 6.31. The zero-order valence-corrected chi connectivity index (χ0v) is 10.4. The van der Waals surface area contributed by atoms with Gasteiger partial charge in [-0.3, -0.25) is 0 Å². The SMILES string of the molecule is Nc1ncnc2nc(Cc3c(F)cccc3Cl)[nH]c12. The lowest BCUT2D eigenvalue weighted by Gasteiger charge is -2.02. The van der Waals surface area contributed by atoms with Crippen LogP contribution in [0.3, 0.4) is 0 Å². The van der Waals surface area contributed by atoms with Crippen LogP contribution in [0.15, 0.2) is 24.5 Å². The fourth-order valence-electron chi connectivity index (χ4n) is 1.85. The summed E-state index contributed by atoms with van der Waals surface area (Å²) in [5, 5.41) is 0.361. The van der Waals surface area contributed by atoms with E-state index >= 15 is 0 Å². The number of rotatable bonds is 2. The number of hydrogen-bond acceptors (Lipinski definition) is 4. The number of nitrogens with two attached hydrogens (primary N) is 1. The molecular weight excluding hydrogens is 269 g/mol. The number of nitrogens with zero attached hydrogens (tertiary/aromatic N) is 3. The third-order valence-corrected chi connectivity index (χ3v) is 3.13. The molecule has 3 aromatic rings. The van der Waals surface area contributed by atoms with E-state index in [-0.39, 0.29) is 12.2 Å². The lowest BCUT2D eigenvalue weighted by molar-refractivity contribution is 0.612. The van der Waals surface area contributed by atoms with Crippen LogP contribution >= 0.6 is 11.6 Å². The van der Waals surface area contributed by atoms with Gasteiger partial charge in [0.05, 0.1) is 0 Å². The molecule has 0 aliphatic carbocycles. The van der Waals surface area contributed by atoms with E-state index in [1.807, 2.05) is 0 Å². The number of nitrogen functional groups attached to an aromatic ring is 1. The van der Waals surface area contributed by atoms with E-state index in [1.54, 1.807) is 12.1 Å². The number of hydrogen-bond donors (Lipinski definition) is 2. The van der Waals surface area contributed by atoms with Crippen LogP contribution in [-0.2, 0) is 6.42 Å². The maximum atomic E-state index is 13.7. The third kappa shape index (κ3) is 2.10. The van der Waals surface area contributed by atoms with Crippen LogP contribution in [0.25, 0.3) is 11.2 Å². The van der Waals surface area contributed by atoms with Gasteiger partial charge in [-0.2, -0.15) is 0 Å². The molecule has 0 radical (unpaired) electrons. The summed E-state index contributed by atoms with van der Waals surface area (Å²) in [6, 6.07) is 4.55. The molecule has 0 amide bonds. The van der Waals surface area contributed by atoms with E-state index < -0.39 is 0 Å². The third-order valence-electron chi connectivity index (χ3n) is 2.77. The van der Waals surface area contributed by atoms with Crippen LogP contribution in [0.4, 0.5) is 10.2 Å². The van der Waals surface area contributed by atoms with Crippen molar-refractivity contribution in [1.29, 1.82) is 0 Å². The second-order valence-electron chi connectivity index (χ2n) is 4.02. The molecule has 19 heavy (non-hydrogen) atoms. The largest absolute Gasteiger partial charge is 0.382 e. The van der Waals surface area contributed by atoms with Crippen molar-refractivity contribution in [2.75, 3.05) is 5.73 Å². The van der Waals surface area contributed by atoms with Crippen molar-refractivity contribution in [2.24, 2.45) is 0 Å². The maximum Gasteiger partial charge on any atom is 0.183 e. The van der Waals surface area contributed by atoms with Gasteiger partial charge in [-0.15, -0.1) is 0 Å². The van der Waals surface area contributed by atoms with Gasteiger partial charge in [-0.05, 0) is 12.1 Å². The van der Waals surface area contributed by atoms with Crippen molar-refractivity contribution in [3.8, 4) is 0 Å². The smallest absolute Gasteiger partial charge is 0.183 e. The Kier molecular flexibility index (Phi) is 2.79. The molecule has 3 rings (SSSR count). The minimum atomic E-state index is -0.369. The highest BCUT2D eigenvalue weighted by Gasteiger charge is 2.12. The average molecular weight is 278 g/mol. The lowest BCUT2D eigenvalue weighted by atomic mass is 10.1. The van der Waals surface area contributed by atoms with Crippen LogP contribution in [0.2, 0.25) is 5.02 Å². The molecule has 0 saturated heterocycles. The monoisotopic (exact) mass is 277 g/mol. The highest BCUT2D eigenvalue weighted by Crippen LogP contribution is 2.22. The second-order valence-corrected chi connectivity index (χ2v) is 4.43. The lowest BCUT2D eigenvalue weighted by Crippen LogP contribution is -1.96. The van der Waals surface area contributed by atoms with E-state index in [0.717, 1.165) is 0 Å². The number of aromatic nitrogens is 4. The highest BCUT2D eigenvalue weighted by atomic mass is 35.5. The molecule has 0 aliphatic rings. The summed E-state index contributed by atoms with van der Waals surface area (Å²) >= 11 is 5.98. The molecule has 7 heteroatoms. The molecule has 3 N–H and O–H groups in total. The molecular formula is C12H9ClFN5. The van der Waals surface area contributed by atoms with Crippen LogP contribution in [0.1, 0.15) is 11.4 Å². The number of benzene rings is 1. The fraction of sp³-hybridized carbons (Fsp3) is 0.0833. The Morgan fingerprint density at radius 1 is 1.32 bits per heavy atom. The quantitative estimate of drug-likeness (QED) is 0.753. The Labute approximate surface area is 112 Å². The molecule has 5 nitrogen and oxygen atoms in total. The number of H-pyrrole nitrogens is 1. The zero-order valence-electron chi connectivity index (χ0n) is 9.69. The first-order valence-corrected chi connectivity index (χ1v) is 5.91. The number of fused-ring (bicyclic) bond motifs is 1. The van der Waals surface area contributed by atoms with E-state index in [4.69, 9.17) is 17.3 Å². The topological polar surface area (TPSA) is 80.5 Å². The minimum Gasteiger partial charge on any atom is -0.382 e. The van der Waals surface area contributed by atoms with Gasteiger partial charge in [0.2, 0.25) is 0 Å². The molecule has 0 atom stereocenters. The Hall–Kier alpha value is -2.21. The van der Waals surface area contributed by atoms with E-state index in [2.05, 4.69) is 19.9 Å². The number of halogens is 2. The van der Waals surface area contributed by atoms with Gasteiger partial charge in [-0.1, -0.05) is 17.7 Å². The van der Waals surface area contributed by atoms with Gasteiger partial charge in [-0.25, -0.2) is 19.3 Å². The van der Waals surface area contributed by atoms with E-state index in [1.165, 1.54) is 12.4 Å². The number of nitrogens with one attached hydrogen (secondary N) is 1. The Bertz CT molecular complexity index is 735. The van der Waals surface area contributed by atoms with Crippen LogP contribution in [-0.4, -0.2) is 19.9 Å². The number of imidazole rings is 1. The van der Waals surface area contributed by atoms with Crippen molar-refractivity contribution in [2.45, 2.75) is 6.42 Å². The predicted molar refractivity (Wildman–Crippen MR) is 70.3 cm³/mol. The summed E-state index contributed by atoms with van der Waals surface area (Å²) in [4.78, 5) is 15.1. The summed E-state index contributed by atoms with van der Waals surface area (Å²) in [6.07, 6.45) is 1.57. The standard InChI is InChI=1S/C12H9ClFN5/c13-7-2-1-3-8(14)6(7)4-9-18-10-11(15)16-5-17-12(10)19-9/h1-3,5H,4H2,(H3,15,16,17,18,19). The fourth-order valence-corrected chi connectivity index (χ4v) is 2.08. The van der Waals surface area contributed by atoms with Crippen LogP contribution in [0.5, 0.6) is 0 Å². The van der Waals surface area contributed by atoms with Gasteiger partial charge >= 0.3 is 0 Å². The summed E-state index contributed by atoms with van der Waals surface area (Å²) in [6.45, 7) is 0. The summed E-state index contributed by atoms with van der Waals surface area (Å²) in [5.74, 6) is 0.476. The molecule has 96 valence electrons. The van der Waals surface area contributed by atoms with Crippen LogP contribution in [0, 0.1) is 5.82 Å². The van der Waals surface area contributed by atoms with Crippen LogP contribution < -0.4 is 5.73 Å². The molecule has 0 unspecified atom stereocenters. The molecule has 0 saturated carbocycles. The maximum absolute atomic E-state index is 13.7. The molecule has 0 fully saturated rings. The Morgan fingerprint density at radius 2 is 2.16 bits per heavy atom. The van der Waals surface area contributed by atoms with E-state index in [9.17, 15) is 4.39 Å². The first-order valence-electron chi connectivity index (χ1n) is 5.53. The number of aromatic amines is 1. The number of anilines is 1. The molecule has 0 spiro atoms. The van der Waals surface area contributed by atoms with Crippen molar-refractivity contribution in [3.63, 3.8) is 0 Å². The van der Waals surface area contributed by atoms with Gasteiger partial charge in [0, 0.05) is 17.0 Å². The van der Waals surface area contributed by atoms with Crippen molar-refractivity contribution in [1.82, 2.24) is 19.9 Å². The molecule has 2 heterocycles. The normalized spacial score (nSPS) is 11.1. The summed E-state index contributed by atoms with van der Waals surface area (Å²) in [7, 11) is 0. The minimum absolute atomic E-state index is 0.237. The van der Waals surface area contributed by atoms with Gasteiger partial charge in [0.1, 0.15) is 23.5 Å². The molecule has 1 aromatic carbocycles. The average Bonchev–Trinajstić information content (AvgIpc) is 2.78. The molecule has 0 aliphatic heterocycles. The van der Waals surface area contributed by atoms with Crippen molar-refractivity contribution in [3.05, 3.63) is 46.8 Å². The van der Waals surface area contributed by atoms with Gasteiger partial charge in [0.15, 0.2) is 11.5 Å². The van der Waals surface area contributed by atoms with E-state index in [0.29, 0.717) is 33.4 Å². The van der Waals surface area contributed by atoms with Crippen molar-refractivity contribution < 1.29 is 4.39 Å². The second kappa shape index (κ2) is 4.47. The van der Waals surface area contributed by atoms with Crippen molar-refractivity contribution >= 4 is 28.6 Å². The van der Waals surface area contributed by atoms with Gasteiger partial charge in [0.25, 0.3) is 0 Å².